The van der Waals surface area contributed by atoms with Crippen LogP contribution in [0.2, 0.25) is 0 Å². The summed E-state index contributed by atoms with van der Waals surface area (Å²) in [6.07, 6.45) is 0.500. The summed E-state index contributed by atoms with van der Waals surface area (Å²) < 4.78 is 26.5. The first kappa shape index (κ1) is 18.0. The van der Waals surface area contributed by atoms with Gasteiger partial charge in [-0.25, -0.2) is 13.4 Å². The smallest absolute Gasteiger partial charge is 0.273 e. The number of aromatic nitrogens is 1. The van der Waals surface area contributed by atoms with Crippen LogP contribution in [-0.2, 0) is 16.4 Å². The van der Waals surface area contributed by atoms with Crippen molar-refractivity contribution in [1.29, 1.82) is 0 Å². The predicted molar refractivity (Wildman–Crippen MR) is 98.3 cm³/mol. The Morgan fingerprint density at radius 3 is 2.44 bits per heavy atom. The van der Waals surface area contributed by atoms with Gasteiger partial charge < -0.3 is 4.90 Å². The highest BCUT2D eigenvalue weighted by Crippen LogP contribution is 2.15. The lowest BCUT2D eigenvalue weighted by atomic mass is 10.2. The second-order valence-corrected chi connectivity index (χ2v) is 9.15. The molecule has 2 heterocycles. The van der Waals surface area contributed by atoms with Crippen LogP contribution in [0.5, 0.6) is 0 Å². The number of piperazine rings is 1. The quantitative estimate of drug-likeness (QED) is 0.794. The minimum Gasteiger partial charge on any atom is -0.335 e. The van der Waals surface area contributed by atoms with E-state index in [1.54, 1.807) is 10.3 Å². The van der Waals surface area contributed by atoms with Gasteiger partial charge in [-0.05, 0) is 18.9 Å². The molecule has 1 amide bonds. The molecule has 134 valence electrons. The van der Waals surface area contributed by atoms with Crippen LogP contribution >= 0.6 is 11.3 Å². The van der Waals surface area contributed by atoms with Gasteiger partial charge in [0.25, 0.3) is 5.91 Å². The number of thiazole rings is 1. The van der Waals surface area contributed by atoms with E-state index in [4.69, 9.17) is 0 Å². The average Bonchev–Trinajstić information content (AvgIpc) is 3.07. The number of nitrogens with zero attached hydrogens (tertiary/aromatic N) is 3. The van der Waals surface area contributed by atoms with Gasteiger partial charge >= 0.3 is 0 Å². The molecule has 0 unspecified atom stereocenters. The number of sulfonamides is 1. The van der Waals surface area contributed by atoms with Crippen molar-refractivity contribution in [3.05, 3.63) is 52.0 Å². The predicted octanol–water partition coefficient (Wildman–Crippen LogP) is 1.78. The van der Waals surface area contributed by atoms with Crippen LogP contribution in [0.4, 0.5) is 0 Å². The van der Waals surface area contributed by atoms with E-state index >= 15 is 0 Å². The summed E-state index contributed by atoms with van der Waals surface area (Å²) in [6.45, 7) is 3.34. The first-order valence-corrected chi connectivity index (χ1v) is 10.7. The van der Waals surface area contributed by atoms with Gasteiger partial charge in [-0.3, -0.25) is 4.79 Å². The van der Waals surface area contributed by atoms with Crippen LogP contribution in [0.1, 0.15) is 21.1 Å². The molecule has 0 aliphatic carbocycles. The molecular weight excluding hydrogens is 358 g/mol. The maximum Gasteiger partial charge on any atom is 0.273 e. The van der Waals surface area contributed by atoms with E-state index in [1.165, 1.54) is 15.6 Å². The Labute approximate surface area is 152 Å². The molecule has 1 saturated heterocycles. The van der Waals surface area contributed by atoms with Gasteiger partial charge in [0, 0.05) is 31.6 Å². The second kappa shape index (κ2) is 7.63. The highest BCUT2D eigenvalue weighted by Gasteiger charge is 2.29. The maximum atomic E-state index is 12.5. The molecule has 1 aliphatic rings. The van der Waals surface area contributed by atoms with Gasteiger partial charge in [0.05, 0.1) is 10.8 Å². The molecule has 0 radical (unpaired) electrons. The van der Waals surface area contributed by atoms with Gasteiger partial charge in [0.1, 0.15) is 5.69 Å². The molecule has 1 fully saturated rings. The van der Waals surface area contributed by atoms with Crippen LogP contribution in [0, 0.1) is 6.92 Å². The molecule has 2 aromatic rings. The van der Waals surface area contributed by atoms with Crippen molar-refractivity contribution in [2.75, 3.05) is 31.9 Å². The molecule has 0 spiro atoms. The third kappa shape index (κ3) is 4.45. The largest absolute Gasteiger partial charge is 0.335 e. The number of carbonyl (C=O) groups is 1. The van der Waals surface area contributed by atoms with Crippen LogP contribution in [-0.4, -0.2) is 60.4 Å². The first-order chi connectivity index (χ1) is 12.0. The zero-order chi connectivity index (χ0) is 17.9. The standard InChI is InChI=1S/C17H21N3O3S2/c1-14-18-16(13-24-14)17(21)19-8-10-20(11-9-19)25(22,23)12-7-15-5-3-2-4-6-15/h2-6,13H,7-12H2,1H3. The van der Waals surface area contributed by atoms with Gasteiger partial charge in [-0.15, -0.1) is 11.3 Å². The summed E-state index contributed by atoms with van der Waals surface area (Å²) in [6, 6.07) is 9.60. The molecule has 0 N–H and O–H groups in total. The maximum absolute atomic E-state index is 12.5. The number of hydrogen-bond acceptors (Lipinski definition) is 5. The van der Waals surface area contributed by atoms with Crippen LogP contribution in [0.15, 0.2) is 35.7 Å². The fraction of sp³-hybridized carbons (Fsp3) is 0.412. The number of carbonyl (C=O) groups excluding carboxylic acids is 1. The van der Waals surface area contributed by atoms with Crippen molar-refractivity contribution in [2.45, 2.75) is 13.3 Å². The molecule has 1 aromatic carbocycles. The topological polar surface area (TPSA) is 70.6 Å². The molecule has 3 rings (SSSR count). The summed E-state index contributed by atoms with van der Waals surface area (Å²) in [4.78, 5) is 18.3. The molecule has 1 aromatic heterocycles. The normalized spacial score (nSPS) is 16.1. The minimum atomic E-state index is -3.31. The highest BCUT2D eigenvalue weighted by atomic mass is 32.2. The lowest BCUT2D eigenvalue weighted by Crippen LogP contribution is -2.51. The molecule has 0 saturated carbocycles. The number of rotatable bonds is 5. The van der Waals surface area contributed by atoms with E-state index in [0.717, 1.165) is 10.6 Å². The third-order valence-corrected chi connectivity index (χ3v) is 6.89. The van der Waals surface area contributed by atoms with Gasteiger partial charge in [-0.1, -0.05) is 30.3 Å². The van der Waals surface area contributed by atoms with Crippen molar-refractivity contribution >= 4 is 27.3 Å². The van der Waals surface area contributed by atoms with Crippen molar-refractivity contribution < 1.29 is 13.2 Å². The molecule has 1 aliphatic heterocycles. The van der Waals surface area contributed by atoms with E-state index in [9.17, 15) is 13.2 Å². The summed E-state index contributed by atoms with van der Waals surface area (Å²) in [5.41, 5.74) is 1.46. The fourth-order valence-corrected chi connectivity index (χ4v) is 4.87. The first-order valence-electron chi connectivity index (χ1n) is 8.19. The van der Waals surface area contributed by atoms with Gasteiger partial charge in [0.15, 0.2) is 0 Å². The molecule has 25 heavy (non-hydrogen) atoms. The van der Waals surface area contributed by atoms with Crippen LogP contribution in [0.25, 0.3) is 0 Å². The molecule has 6 nitrogen and oxygen atoms in total. The summed E-state index contributed by atoms with van der Waals surface area (Å²) in [5, 5.41) is 2.60. The van der Waals surface area contributed by atoms with Crippen molar-refractivity contribution in [1.82, 2.24) is 14.2 Å². The Morgan fingerprint density at radius 1 is 1.16 bits per heavy atom. The van der Waals surface area contributed by atoms with Crippen LogP contribution in [0.3, 0.4) is 0 Å². The van der Waals surface area contributed by atoms with E-state index in [2.05, 4.69) is 4.98 Å². The van der Waals surface area contributed by atoms with E-state index in [-0.39, 0.29) is 11.7 Å². The lowest BCUT2D eigenvalue weighted by Gasteiger charge is -2.33. The molecule has 0 atom stereocenters. The average molecular weight is 380 g/mol. The SMILES string of the molecule is Cc1nc(C(=O)N2CCN(S(=O)(=O)CCc3ccccc3)CC2)cs1. The zero-order valence-corrected chi connectivity index (χ0v) is 15.7. The second-order valence-electron chi connectivity index (χ2n) is 5.99. The Bertz CT molecular complexity index is 826. The Morgan fingerprint density at radius 2 is 1.84 bits per heavy atom. The van der Waals surface area contributed by atoms with E-state index in [1.807, 2.05) is 37.3 Å². The van der Waals surface area contributed by atoms with E-state index < -0.39 is 10.0 Å². The Hall–Kier alpha value is -1.77. The monoisotopic (exact) mass is 379 g/mol. The third-order valence-electron chi connectivity index (χ3n) is 4.25. The number of hydrogen-bond donors (Lipinski definition) is 0. The summed E-state index contributed by atoms with van der Waals surface area (Å²) in [7, 11) is -3.31. The van der Waals surface area contributed by atoms with Crippen LogP contribution < -0.4 is 0 Å². The molecular formula is C17H21N3O3S2. The summed E-state index contributed by atoms with van der Waals surface area (Å²) in [5.74, 6) is -0.0262. The Kier molecular flexibility index (Phi) is 5.51. The number of aryl methyl sites for hydroxylation is 2. The van der Waals surface area contributed by atoms with E-state index in [0.29, 0.717) is 38.3 Å². The highest BCUT2D eigenvalue weighted by molar-refractivity contribution is 7.89. The zero-order valence-electron chi connectivity index (χ0n) is 14.1. The van der Waals surface area contributed by atoms with Crippen molar-refractivity contribution in [2.24, 2.45) is 0 Å². The molecule has 0 bridgehead atoms. The number of amides is 1. The van der Waals surface area contributed by atoms with Gasteiger partial charge in [0.2, 0.25) is 10.0 Å². The molecule has 8 heteroatoms. The van der Waals surface area contributed by atoms with Crippen molar-refractivity contribution in [3.63, 3.8) is 0 Å². The fourth-order valence-electron chi connectivity index (χ4n) is 2.81. The van der Waals surface area contributed by atoms with Gasteiger partial charge in [-0.2, -0.15) is 4.31 Å². The summed E-state index contributed by atoms with van der Waals surface area (Å²) >= 11 is 1.44. The minimum absolute atomic E-state index is 0.0935. The lowest BCUT2D eigenvalue weighted by molar-refractivity contribution is 0.0692. The number of benzene rings is 1. The Balaban J connectivity index is 1.55. The van der Waals surface area contributed by atoms with Crippen molar-refractivity contribution in [3.8, 4) is 0 Å².